The van der Waals surface area contributed by atoms with Gasteiger partial charge in [0.05, 0.1) is 5.92 Å². The highest BCUT2D eigenvalue weighted by molar-refractivity contribution is 5.89. The average Bonchev–Trinajstić information content (AvgIpc) is 2.55. The topological polar surface area (TPSA) is 73.0 Å². The molecular formula is C18H24N4O3. The number of nitrogens with zero attached hydrogens (tertiary/aromatic N) is 3. The van der Waals surface area contributed by atoms with Crippen molar-refractivity contribution in [1.29, 1.82) is 0 Å². The number of nitrogens with one attached hydrogen (secondary N) is 1. The molecule has 4 amide bonds. The van der Waals surface area contributed by atoms with Crippen molar-refractivity contribution in [3.63, 3.8) is 0 Å². The fourth-order valence-corrected chi connectivity index (χ4v) is 3.12. The Kier molecular flexibility index (Phi) is 4.92. The van der Waals surface area contributed by atoms with Crippen molar-refractivity contribution in [3.8, 4) is 0 Å². The molecule has 0 spiro atoms. The van der Waals surface area contributed by atoms with E-state index in [1.54, 1.807) is 14.7 Å². The number of anilines is 1. The number of urea groups is 1. The van der Waals surface area contributed by atoms with Crippen molar-refractivity contribution in [2.24, 2.45) is 5.92 Å². The molecule has 3 rings (SSSR count). The molecule has 0 unspecified atom stereocenters. The first-order valence-electron chi connectivity index (χ1n) is 8.61. The zero-order valence-corrected chi connectivity index (χ0v) is 14.7. The summed E-state index contributed by atoms with van der Waals surface area (Å²) in [5, 5.41) is 2.89. The molecule has 25 heavy (non-hydrogen) atoms. The summed E-state index contributed by atoms with van der Waals surface area (Å²) in [4.78, 5) is 41.1. The van der Waals surface area contributed by atoms with E-state index in [0.29, 0.717) is 39.3 Å². The molecule has 1 aromatic rings. The minimum Gasteiger partial charge on any atom is -0.341 e. The number of amides is 4. The average molecular weight is 344 g/mol. The summed E-state index contributed by atoms with van der Waals surface area (Å²) in [6, 6.07) is 7.53. The summed E-state index contributed by atoms with van der Waals surface area (Å²) in [5.74, 6) is 0.0228. The molecule has 0 bridgehead atoms. The molecule has 2 aliphatic rings. The number of rotatable bonds is 2. The van der Waals surface area contributed by atoms with Gasteiger partial charge >= 0.3 is 6.03 Å². The van der Waals surface area contributed by atoms with Gasteiger partial charge in [0.1, 0.15) is 0 Å². The lowest BCUT2D eigenvalue weighted by Gasteiger charge is -2.42. The monoisotopic (exact) mass is 344 g/mol. The molecule has 0 radical (unpaired) electrons. The second-order valence-electron chi connectivity index (χ2n) is 6.73. The van der Waals surface area contributed by atoms with E-state index in [1.807, 2.05) is 31.2 Å². The van der Waals surface area contributed by atoms with Crippen molar-refractivity contribution < 1.29 is 14.4 Å². The van der Waals surface area contributed by atoms with Crippen LogP contribution in [-0.2, 0) is 9.59 Å². The Morgan fingerprint density at radius 3 is 2.04 bits per heavy atom. The van der Waals surface area contributed by atoms with Crippen LogP contribution in [0.1, 0.15) is 12.5 Å². The van der Waals surface area contributed by atoms with Crippen LogP contribution in [-0.4, -0.2) is 71.8 Å². The second-order valence-corrected chi connectivity index (χ2v) is 6.73. The summed E-state index contributed by atoms with van der Waals surface area (Å²) in [6.07, 6.45) is 0. The number of benzene rings is 1. The molecule has 0 aliphatic carbocycles. The van der Waals surface area contributed by atoms with Gasteiger partial charge in [-0.25, -0.2) is 4.79 Å². The van der Waals surface area contributed by atoms with Gasteiger partial charge in [-0.15, -0.1) is 0 Å². The van der Waals surface area contributed by atoms with Gasteiger partial charge in [0.15, 0.2) is 0 Å². The lowest BCUT2D eigenvalue weighted by Crippen LogP contribution is -2.59. The van der Waals surface area contributed by atoms with Crippen LogP contribution in [0.4, 0.5) is 10.5 Å². The Balaban J connectivity index is 1.45. The standard InChI is InChI=1S/C18H24N4O3/c1-13-3-5-16(6-4-13)19-18(25)21-9-7-20(8-10-21)17(24)15-11-22(12-15)14(2)23/h3-6,15H,7-12H2,1-2H3,(H,19,25). The third-order valence-corrected chi connectivity index (χ3v) is 4.86. The van der Waals surface area contributed by atoms with E-state index in [-0.39, 0.29) is 23.8 Å². The molecule has 2 fully saturated rings. The quantitative estimate of drug-likeness (QED) is 0.875. The van der Waals surface area contributed by atoms with Crippen molar-refractivity contribution in [2.45, 2.75) is 13.8 Å². The van der Waals surface area contributed by atoms with Crippen LogP contribution >= 0.6 is 0 Å². The predicted octanol–water partition coefficient (Wildman–Crippen LogP) is 1.15. The number of aryl methyl sites for hydroxylation is 1. The number of hydrogen-bond donors (Lipinski definition) is 1. The van der Waals surface area contributed by atoms with E-state index in [0.717, 1.165) is 11.3 Å². The van der Waals surface area contributed by atoms with Crippen LogP contribution in [0.5, 0.6) is 0 Å². The van der Waals surface area contributed by atoms with E-state index in [9.17, 15) is 14.4 Å². The zero-order chi connectivity index (χ0) is 18.0. The number of piperazine rings is 1. The van der Waals surface area contributed by atoms with Crippen LogP contribution in [0.25, 0.3) is 0 Å². The first-order valence-corrected chi connectivity index (χ1v) is 8.61. The molecule has 2 saturated heterocycles. The number of carbonyl (C=O) groups is 3. The first-order chi connectivity index (χ1) is 11.9. The Bertz CT molecular complexity index is 659. The fraction of sp³-hybridized carbons (Fsp3) is 0.500. The summed E-state index contributed by atoms with van der Waals surface area (Å²) < 4.78 is 0. The lowest BCUT2D eigenvalue weighted by molar-refractivity contribution is -0.148. The van der Waals surface area contributed by atoms with Gasteiger partial charge in [-0.05, 0) is 19.1 Å². The van der Waals surface area contributed by atoms with Gasteiger partial charge in [-0.3, -0.25) is 9.59 Å². The van der Waals surface area contributed by atoms with Crippen molar-refractivity contribution in [1.82, 2.24) is 14.7 Å². The smallest absolute Gasteiger partial charge is 0.321 e. The Morgan fingerprint density at radius 1 is 0.920 bits per heavy atom. The largest absolute Gasteiger partial charge is 0.341 e. The predicted molar refractivity (Wildman–Crippen MR) is 94.1 cm³/mol. The summed E-state index contributed by atoms with van der Waals surface area (Å²) in [6.45, 7) is 6.67. The second kappa shape index (κ2) is 7.13. The van der Waals surface area contributed by atoms with E-state index < -0.39 is 0 Å². The molecular weight excluding hydrogens is 320 g/mol. The summed E-state index contributed by atoms with van der Waals surface area (Å²) >= 11 is 0. The van der Waals surface area contributed by atoms with Crippen LogP contribution in [0.2, 0.25) is 0 Å². The highest BCUT2D eigenvalue weighted by atomic mass is 16.2. The maximum absolute atomic E-state index is 12.4. The molecule has 2 aliphatic heterocycles. The maximum atomic E-state index is 12.4. The van der Waals surface area contributed by atoms with Crippen LogP contribution in [0.15, 0.2) is 24.3 Å². The van der Waals surface area contributed by atoms with Crippen molar-refractivity contribution in [2.75, 3.05) is 44.6 Å². The Labute approximate surface area is 147 Å². The van der Waals surface area contributed by atoms with Gasteiger partial charge in [0, 0.05) is 51.9 Å². The Morgan fingerprint density at radius 2 is 1.48 bits per heavy atom. The third-order valence-electron chi connectivity index (χ3n) is 4.86. The summed E-state index contributed by atoms with van der Waals surface area (Å²) in [7, 11) is 0. The Hall–Kier alpha value is -2.57. The normalized spacial score (nSPS) is 17.9. The molecule has 7 heteroatoms. The van der Waals surface area contributed by atoms with Crippen molar-refractivity contribution in [3.05, 3.63) is 29.8 Å². The zero-order valence-electron chi connectivity index (χ0n) is 14.7. The van der Waals surface area contributed by atoms with Gasteiger partial charge in [0.25, 0.3) is 0 Å². The molecule has 0 aromatic heterocycles. The van der Waals surface area contributed by atoms with E-state index >= 15 is 0 Å². The molecule has 2 heterocycles. The lowest BCUT2D eigenvalue weighted by atomic mass is 9.98. The van der Waals surface area contributed by atoms with Crippen LogP contribution in [0.3, 0.4) is 0 Å². The minimum atomic E-state index is -0.137. The van der Waals surface area contributed by atoms with E-state index in [4.69, 9.17) is 0 Å². The SMILES string of the molecule is CC(=O)N1CC(C(=O)N2CCN(C(=O)Nc3ccc(C)cc3)CC2)C1. The van der Waals surface area contributed by atoms with Gasteiger partial charge in [-0.2, -0.15) is 0 Å². The highest BCUT2D eigenvalue weighted by Gasteiger charge is 2.37. The fourth-order valence-electron chi connectivity index (χ4n) is 3.12. The minimum absolute atomic E-state index is 0.0154. The molecule has 7 nitrogen and oxygen atoms in total. The number of hydrogen-bond acceptors (Lipinski definition) is 3. The number of carbonyl (C=O) groups excluding carboxylic acids is 3. The highest BCUT2D eigenvalue weighted by Crippen LogP contribution is 2.19. The third kappa shape index (κ3) is 3.92. The van der Waals surface area contributed by atoms with Gasteiger partial charge in [-0.1, -0.05) is 17.7 Å². The molecule has 1 N–H and O–H groups in total. The van der Waals surface area contributed by atoms with E-state index in [1.165, 1.54) is 6.92 Å². The summed E-state index contributed by atoms with van der Waals surface area (Å²) in [5.41, 5.74) is 1.91. The first kappa shape index (κ1) is 17.3. The molecule has 0 saturated carbocycles. The molecule has 0 atom stereocenters. The van der Waals surface area contributed by atoms with Gasteiger partial charge < -0.3 is 20.0 Å². The van der Waals surface area contributed by atoms with E-state index in [2.05, 4.69) is 5.32 Å². The van der Waals surface area contributed by atoms with Crippen LogP contribution in [0, 0.1) is 12.8 Å². The van der Waals surface area contributed by atoms with Crippen molar-refractivity contribution >= 4 is 23.5 Å². The maximum Gasteiger partial charge on any atom is 0.321 e. The molecule has 134 valence electrons. The van der Waals surface area contributed by atoms with Crippen LogP contribution < -0.4 is 5.32 Å². The van der Waals surface area contributed by atoms with Gasteiger partial charge in [0.2, 0.25) is 11.8 Å². The number of likely N-dealkylation sites (tertiary alicyclic amines) is 1. The molecule has 1 aromatic carbocycles.